The molecule has 1 rings (SSSR count). The maximum atomic E-state index is 11.7. The van der Waals surface area contributed by atoms with Gasteiger partial charge in [0.15, 0.2) is 0 Å². The van der Waals surface area contributed by atoms with Crippen molar-refractivity contribution in [3.63, 3.8) is 0 Å². The fourth-order valence-electron chi connectivity index (χ4n) is 3.38. The summed E-state index contributed by atoms with van der Waals surface area (Å²) in [5.41, 5.74) is 5.45. The molecule has 0 aromatic heterocycles. The van der Waals surface area contributed by atoms with Crippen LogP contribution in [0.1, 0.15) is 58.8 Å². The number of piperidine rings is 1. The molecule has 0 radical (unpaired) electrons. The number of nitrogens with two attached hydrogens (primary N) is 1. The molecule has 1 heterocycles. The van der Waals surface area contributed by atoms with Gasteiger partial charge in [-0.25, -0.2) is 0 Å². The SMILES string of the molecule is CC1CC(C)CN(CCCNC(=O)CCCCCCN)C1. The highest BCUT2D eigenvalue weighted by molar-refractivity contribution is 5.75. The van der Waals surface area contributed by atoms with Gasteiger partial charge in [-0.3, -0.25) is 4.79 Å². The van der Waals surface area contributed by atoms with Crippen molar-refractivity contribution in [2.75, 3.05) is 32.7 Å². The lowest BCUT2D eigenvalue weighted by Gasteiger charge is -2.34. The van der Waals surface area contributed by atoms with E-state index in [0.717, 1.165) is 63.6 Å². The molecule has 1 aliphatic heterocycles. The maximum Gasteiger partial charge on any atom is 0.219 e. The largest absolute Gasteiger partial charge is 0.356 e. The standard InChI is InChI=1S/C17H35N3O/c1-15-12-16(2)14-20(13-15)11-7-10-19-17(21)8-5-3-4-6-9-18/h15-16H,3-14,18H2,1-2H3,(H,19,21). The van der Waals surface area contributed by atoms with E-state index >= 15 is 0 Å². The van der Waals surface area contributed by atoms with Crippen molar-refractivity contribution in [1.29, 1.82) is 0 Å². The Bertz CT molecular complexity index is 273. The number of hydrogen-bond donors (Lipinski definition) is 2. The van der Waals surface area contributed by atoms with E-state index in [2.05, 4.69) is 24.1 Å². The first-order valence-electron chi connectivity index (χ1n) is 8.81. The van der Waals surface area contributed by atoms with Crippen LogP contribution in [0.3, 0.4) is 0 Å². The van der Waals surface area contributed by atoms with Gasteiger partial charge < -0.3 is 16.0 Å². The zero-order chi connectivity index (χ0) is 15.5. The molecule has 21 heavy (non-hydrogen) atoms. The van der Waals surface area contributed by atoms with Gasteiger partial charge in [0.05, 0.1) is 0 Å². The predicted octanol–water partition coefficient (Wildman–Crippen LogP) is 2.38. The molecule has 0 bridgehead atoms. The van der Waals surface area contributed by atoms with Gasteiger partial charge in [-0.1, -0.05) is 26.7 Å². The minimum Gasteiger partial charge on any atom is -0.356 e. The summed E-state index contributed by atoms with van der Waals surface area (Å²) < 4.78 is 0. The number of unbranched alkanes of at least 4 members (excludes halogenated alkanes) is 3. The molecular weight excluding hydrogens is 262 g/mol. The van der Waals surface area contributed by atoms with Crippen LogP contribution in [0.5, 0.6) is 0 Å². The summed E-state index contributed by atoms with van der Waals surface area (Å²) >= 11 is 0. The van der Waals surface area contributed by atoms with Crippen molar-refractivity contribution in [3.05, 3.63) is 0 Å². The van der Waals surface area contributed by atoms with E-state index in [0.29, 0.717) is 6.42 Å². The zero-order valence-electron chi connectivity index (χ0n) is 14.1. The highest BCUT2D eigenvalue weighted by Gasteiger charge is 2.20. The molecule has 124 valence electrons. The van der Waals surface area contributed by atoms with Crippen molar-refractivity contribution in [2.24, 2.45) is 17.6 Å². The molecule has 1 aliphatic rings. The molecular formula is C17H35N3O. The molecule has 4 heteroatoms. The van der Waals surface area contributed by atoms with Gasteiger partial charge in [0.1, 0.15) is 0 Å². The number of amides is 1. The number of carbonyl (C=O) groups is 1. The fourth-order valence-corrected chi connectivity index (χ4v) is 3.38. The third-order valence-electron chi connectivity index (χ3n) is 4.28. The number of nitrogens with one attached hydrogen (secondary N) is 1. The van der Waals surface area contributed by atoms with Gasteiger partial charge in [-0.05, 0) is 50.6 Å². The van der Waals surface area contributed by atoms with Gasteiger partial charge in [-0.2, -0.15) is 0 Å². The number of nitrogens with zero attached hydrogens (tertiary/aromatic N) is 1. The van der Waals surface area contributed by atoms with Crippen LogP contribution >= 0.6 is 0 Å². The first kappa shape index (κ1) is 18.4. The van der Waals surface area contributed by atoms with Gasteiger partial charge in [0.2, 0.25) is 5.91 Å². The van der Waals surface area contributed by atoms with E-state index in [4.69, 9.17) is 5.73 Å². The molecule has 0 saturated carbocycles. The summed E-state index contributed by atoms with van der Waals surface area (Å²) in [6, 6.07) is 0. The normalized spacial score (nSPS) is 23.2. The Balaban J connectivity index is 1.96. The van der Waals surface area contributed by atoms with E-state index in [1.54, 1.807) is 0 Å². The van der Waals surface area contributed by atoms with Crippen molar-refractivity contribution in [3.8, 4) is 0 Å². The quantitative estimate of drug-likeness (QED) is 0.609. The highest BCUT2D eigenvalue weighted by atomic mass is 16.1. The average Bonchev–Trinajstić information content (AvgIpc) is 2.42. The molecule has 0 spiro atoms. The zero-order valence-corrected chi connectivity index (χ0v) is 14.1. The minimum absolute atomic E-state index is 0.211. The second-order valence-corrected chi connectivity index (χ2v) is 6.86. The van der Waals surface area contributed by atoms with E-state index in [1.807, 2.05) is 0 Å². The topological polar surface area (TPSA) is 58.4 Å². The smallest absolute Gasteiger partial charge is 0.219 e. The van der Waals surface area contributed by atoms with Crippen LogP contribution in [0, 0.1) is 11.8 Å². The Kier molecular flexibility index (Phi) is 9.68. The van der Waals surface area contributed by atoms with E-state index < -0.39 is 0 Å². The van der Waals surface area contributed by atoms with E-state index in [9.17, 15) is 4.79 Å². The maximum absolute atomic E-state index is 11.7. The van der Waals surface area contributed by atoms with Crippen LogP contribution < -0.4 is 11.1 Å². The highest BCUT2D eigenvalue weighted by Crippen LogP contribution is 2.20. The van der Waals surface area contributed by atoms with Crippen molar-refractivity contribution < 1.29 is 4.79 Å². The first-order valence-corrected chi connectivity index (χ1v) is 8.81. The number of rotatable bonds is 10. The molecule has 1 saturated heterocycles. The second-order valence-electron chi connectivity index (χ2n) is 6.86. The predicted molar refractivity (Wildman–Crippen MR) is 89.2 cm³/mol. The fraction of sp³-hybridized carbons (Fsp3) is 0.941. The van der Waals surface area contributed by atoms with Crippen LogP contribution in [-0.2, 0) is 4.79 Å². The summed E-state index contributed by atoms with van der Waals surface area (Å²) in [5, 5.41) is 3.05. The molecule has 0 aliphatic carbocycles. The Morgan fingerprint density at radius 1 is 1.10 bits per heavy atom. The average molecular weight is 297 g/mol. The lowest BCUT2D eigenvalue weighted by Crippen LogP contribution is -2.40. The molecule has 3 N–H and O–H groups in total. The van der Waals surface area contributed by atoms with E-state index in [-0.39, 0.29) is 5.91 Å². The van der Waals surface area contributed by atoms with Crippen LogP contribution in [0.2, 0.25) is 0 Å². The molecule has 2 atom stereocenters. The van der Waals surface area contributed by atoms with Crippen molar-refractivity contribution in [1.82, 2.24) is 10.2 Å². The summed E-state index contributed by atoms with van der Waals surface area (Å²) in [6.45, 7) is 9.83. The lowest BCUT2D eigenvalue weighted by atomic mass is 9.92. The molecule has 4 nitrogen and oxygen atoms in total. The Hall–Kier alpha value is -0.610. The van der Waals surface area contributed by atoms with Crippen LogP contribution in [-0.4, -0.2) is 43.5 Å². The number of likely N-dealkylation sites (tertiary alicyclic amines) is 1. The molecule has 1 amide bonds. The molecule has 2 unspecified atom stereocenters. The van der Waals surface area contributed by atoms with Crippen LogP contribution in [0.25, 0.3) is 0 Å². The second kappa shape index (κ2) is 11.0. The van der Waals surface area contributed by atoms with Gasteiger partial charge >= 0.3 is 0 Å². The van der Waals surface area contributed by atoms with Crippen LogP contribution in [0.4, 0.5) is 0 Å². The Morgan fingerprint density at radius 2 is 1.76 bits per heavy atom. The minimum atomic E-state index is 0.211. The van der Waals surface area contributed by atoms with Crippen molar-refractivity contribution in [2.45, 2.75) is 58.8 Å². The Morgan fingerprint density at radius 3 is 2.43 bits per heavy atom. The van der Waals surface area contributed by atoms with Gasteiger partial charge in [-0.15, -0.1) is 0 Å². The molecule has 0 aromatic rings. The van der Waals surface area contributed by atoms with Gasteiger partial charge in [0.25, 0.3) is 0 Å². The molecule has 1 fully saturated rings. The summed E-state index contributed by atoms with van der Waals surface area (Å²) in [4.78, 5) is 14.2. The third-order valence-corrected chi connectivity index (χ3v) is 4.28. The summed E-state index contributed by atoms with van der Waals surface area (Å²) in [5.74, 6) is 1.84. The van der Waals surface area contributed by atoms with Crippen molar-refractivity contribution >= 4 is 5.91 Å². The number of hydrogen-bond acceptors (Lipinski definition) is 3. The van der Waals surface area contributed by atoms with Crippen LogP contribution in [0.15, 0.2) is 0 Å². The summed E-state index contributed by atoms with van der Waals surface area (Å²) in [6.07, 6.45) is 7.43. The monoisotopic (exact) mass is 297 g/mol. The Labute approximate surface area is 130 Å². The lowest BCUT2D eigenvalue weighted by molar-refractivity contribution is -0.121. The third kappa shape index (κ3) is 9.10. The molecule has 0 aromatic carbocycles. The first-order chi connectivity index (χ1) is 10.1. The summed E-state index contributed by atoms with van der Waals surface area (Å²) in [7, 11) is 0. The van der Waals surface area contributed by atoms with E-state index in [1.165, 1.54) is 19.5 Å². The van der Waals surface area contributed by atoms with Gasteiger partial charge in [0, 0.05) is 26.1 Å². The number of carbonyl (C=O) groups excluding carboxylic acids is 1.